The molecule has 3 rings (SSSR count). The Labute approximate surface area is 90.7 Å². The molecule has 0 unspecified atom stereocenters. The summed E-state index contributed by atoms with van der Waals surface area (Å²) in [6, 6.07) is 16.0. The van der Waals surface area contributed by atoms with Crippen LogP contribution in [0.1, 0.15) is 25.3 Å². The normalized spacial score (nSPS) is 14.8. The van der Waals surface area contributed by atoms with Crippen LogP contribution < -0.4 is 4.74 Å². The standard InChI is InChI=1S/C14H12O/c1-10-11-6-2-4-8-13(11)15-14-9-5-3-7-12(10)14/h2-10H,1H3/i1D. The molecule has 1 nitrogen and oxygen atoms in total. The van der Waals surface area contributed by atoms with Crippen LogP contribution in [-0.4, -0.2) is 0 Å². The van der Waals surface area contributed by atoms with Crippen LogP contribution in [-0.2, 0) is 0 Å². The van der Waals surface area contributed by atoms with E-state index in [0.29, 0.717) is 6.90 Å². The quantitative estimate of drug-likeness (QED) is 0.621. The van der Waals surface area contributed by atoms with Gasteiger partial charge in [-0.15, -0.1) is 0 Å². The van der Waals surface area contributed by atoms with Gasteiger partial charge in [0, 0.05) is 18.4 Å². The van der Waals surface area contributed by atoms with Crippen molar-refractivity contribution in [3.63, 3.8) is 0 Å². The summed E-state index contributed by atoms with van der Waals surface area (Å²) in [5, 5.41) is 0. The molecule has 0 aromatic heterocycles. The third-order valence-corrected chi connectivity index (χ3v) is 2.81. The van der Waals surface area contributed by atoms with Gasteiger partial charge < -0.3 is 4.74 Å². The minimum atomic E-state index is 0.140. The molecule has 1 heterocycles. The summed E-state index contributed by atoms with van der Waals surface area (Å²) in [5.41, 5.74) is 2.24. The van der Waals surface area contributed by atoms with Crippen LogP contribution in [0.2, 0.25) is 0 Å². The van der Waals surface area contributed by atoms with Crippen LogP contribution in [0.5, 0.6) is 11.5 Å². The van der Waals surface area contributed by atoms with E-state index in [9.17, 15) is 0 Å². The Hall–Kier alpha value is -1.76. The first kappa shape index (κ1) is 7.52. The summed E-state index contributed by atoms with van der Waals surface area (Å²) in [6.07, 6.45) is 0. The molecule has 1 aliphatic rings. The molecule has 1 heteroatoms. The van der Waals surface area contributed by atoms with Crippen molar-refractivity contribution < 1.29 is 6.11 Å². The first-order valence-corrected chi connectivity index (χ1v) is 5.05. The SMILES string of the molecule is [2H]CC1c2ccccc2Oc2ccccc21. The number of fused-ring (bicyclic) bond motifs is 2. The maximum absolute atomic E-state index is 7.70. The summed E-state index contributed by atoms with van der Waals surface area (Å²) in [7, 11) is 0. The van der Waals surface area contributed by atoms with Crippen LogP contribution in [0.25, 0.3) is 0 Å². The van der Waals surface area contributed by atoms with Gasteiger partial charge in [-0.2, -0.15) is 0 Å². The van der Waals surface area contributed by atoms with Gasteiger partial charge in [0.05, 0.1) is 0 Å². The Balaban J connectivity index is 2.19. The van der Waals surface area contributed by atoms with Crippen molar-refractivity contribution in [1.82, 2.24) is 0 Å². The molecule has 1 aliphatic heterocycles. The Morgan fingerprint density at radius 1 is 0.933 bits per heavy atom. The van der Waals surface area contributed by atoms with E-state index >= 15 is 0 Å². The predicted molar refractivity (Wildman–Crippen MR) is 60.5 cm³/mol. The van der Waals surface area contributed by atoms with Crippen LogP contribution in [0.15, 0.2) is 48.5 Å². The smallest absolute Gasteiger partial charge is 0.131 e. The molecule has 0 N–H and O–H groups in total. The molecule has 0 aliphatic carbocycles. The van der Waals surface area contributed by atoms with E-state index in [0.717, 1.165) is 22.6 Å². The van der Waals surface area contributed by atoms with E-state index < -0.39 is 0 Å². The monoisotopic (exact) mass is 197 g/mol. The molecule has 0 radical (unpaired) electrons. The van der Waals surface area contributed by atoms with Gasteiger partial charge in [0.1, 0.15) is 11.5 Å². The van der Waals surface area contributed by atoms with E-state index in [4.69, 9.17) is 6.11 Å². The zero-order chi connectivity index (χ0) is 11.0. The van der Waals surface area contributed by atoms with Gasteiger partial charge in [0.15, 0.2) is 0 Å². The Morgan fingerprint density at radius 2 is 1.47 bits per heavy atom. The number of hydrogen-bond donors (Lipinski definition) is 0. The molecule has 15 heavy (non-hydrogen) atoms. The Bertz CT molecular complexity index is 476. The fourth-order valence-corrected chi connectivity index (χ4v) is 2.01. The van der Waals surface area contributed by atoms with E-state index in [1.54, 1.807) is 0 Å². The van der Waals surface area contributed by atoms with Crippen molar-refractivity contribution in [3.8, 4) is 11.5 Å². The molecule has 0 saturated carbocycles. The number of benzene rings is 2. The fourth-order valence-electron chi connectivity index (χ4n) is 2.01. The summed E-state index contributed by atoms with van der Waals surface area (Å²) >= 11 is 0. The first-order valence-electron chi connectivity index (χ1n) is 5.76. The molecule has 0 spiro atoms. The van der Waals surface area contributed by atoms with Crippen molar-refractivity contribution in [1.29, 1.82) is 0 Å². The van der Waals surface area contributed by atoms with Crippen molar-refractivity contribution in [2.24, 2.45) is 0 Å². The lowest BCUT2D eigenvalue weighted by Gasteiger charge is -2.25. The molecule has 2 aromatic rings. The van der Waals surface area contributed by atoms with Gasteiger partial charge in [0.2, 0.25) is 0 Å². The van der Waals surface area contributed by atoms with Crippen LogP contribution in [0.3, 0.4) is 0 Å². The topological polar surface area (TPSA) is 9.23 Å². The first-order chi connectivity index (χ1) is 7.90. The molecule has 0 saturated heterocycles. The van der Waals surface area contributed by atoms with Crippen molar-refractivity contribution in [2.75, 3.05) is 0 Å². The second-order valence-electron chi connectivity index (χ2n) is 3.73. The van der Waals surface area contributed by atoms with Gasteiger partial charge in [-0.3, -0.25) is 0 Å². The van der Waals surface area contributed by atoms with Crippen LogP contribution in [0.4, 0.5) is 0 Å². The second-order valence-corrected chi connectivity index (χ2v) is 3.73. The fraction of sp³-hybridized carbons (Fsp3) is 0.143. The highest BCUT2D eigenvalue weighted by molar-refractivity contribution is 5.52. The van der Waals surface area contributed by atoms with Gasteiger partial charge in [-0.25, -0.2) is 0 Å². The van der Waals surface area contributed by atoms with Gasteiger partial charge in [-0.05, 0) is 12.1 Å². The lowest BCUT2D eigenvalue weighted by atomic mass is 9.90. The number of ether oxygens (including phenoxy) is 1. The molecule has 74 valence electrons. The van der Waals surface area contributed by atoms with Crippen molar-refractivity contribution in [3.05, 3.63) is 59.7 Å². The van der Waals surface area contributed by atoms with Gasteiger partial charge >= 0.3 is 0 Å². The average molecular weight is 197 g/mol. The number of hydrogen-bond acceptors (Lipinski definition) is 1. The maximum Gasteiger partial charge on any atom is 0.131 e. The zero-order valence-electron chi connectivity index (χ0n) is 9.31. The molecule has 0 bridgehead atoms. The van der Waals surface area contributed by atoms with Gasteiger partial charge in [0.25, 0.3) is 0 Å². The minimum Gasteiger partial charge on any atom is -0.457 e. The van der Waals surface area contributed by atoms with E-state index in [1.165, 1.54) is 0 Å². The molecule has 2 aromatic carbocycles. The summed E-state index contributed by atoms with van der Waals surface area (Å²) < 4.78 is 13.5. The second kappa shape index (κ2) is 3.13. The highest BCUT2D eigenvalue weighted by atomic mass is 16.5. The molecule has 0 fully saturated rings. The molecular formula is C14H12O. The maximum atomic E-state index is 7.70. The highest BCUT2D eigenvalue weighted by Crippen LogP contribution is 2.43. The van der Waals surface area contributed by atoms with Crippen molar-refractivity contribution >= 4 is 0 Å². The predicted octanol–water partition coefficient (Wildman–Crippen LogP) is 3.94. The van der Waals surface area contributed by atoms with Crippen LogP contribution >= 0.6 is 0 Å². The lowest BCUT2D eigenvalue weighted by molar-refractivity contribution is 0.450. The summed E-state index contributed by atoms with van der Waals surface area (Å²) in [6.45, 7) is 0.359. The Kier molecular flexibility index (Phi) is 1.57. The van der Waals surface area contributed by atoms with E-state index in [-0.39, 0.29) is 5.92 Å². The number of para-hydroxylation sites is 2. The highest BCUT2D eigenvalue weighted by Gasteiger charge is 2.22. The van der Waals surface area contributed by atoms with Crippen LogP contribution in [0, 0.1) is 0 Å². The number of rotatable bonds is 0. The van der Waals surface area contributed by atoms with Crippen molar-refractivity contribution in [2.45, 2.75) is 12.8 Å². The largest absolute Gasteiger partial charge is 0.457 e. The van der Waals surface area contributed by atoms with E-state index in [2.05, 4.69) is 0 Å². The minimum absolute atomic E-state index is 0.140. The lowest BCUT2D eigenvalue weighted by Crippen LogP contribution is -2.06. The third-order valence-electron chi connectivity index (χ3n) is 2.81. The zero-order valence-corrected chi connectivity index (χ0v) is 8.31. The molecule has 0 amide bonds. The van der Waals surface area contributed by atoms with E-state index in [1.807, 2.05) is 48.5 Å². The summed E-state index contributed by atoms with van der Waals surface area (Å²) in [4.78, 5) is 0. The summed E-state index contributed by atoms with van der Waals surface area (Å²) in [5.74, 6) is 1.91. The third kappa shape index (κ3) is 1.23. The Morgan fingerprint density at radius 3 is 2.00 bits per heavy atom. The van der Waals surface area contributed by atoms with Gasteiger partial charge in [-0.1, -0.05) is 43.3 Å². The molecule has 0 atom stereocenters. The molecular weight excluding hydrogens is 184 g/mol. The average Bonchev–Trinajstić information content (AvgIpc) is 2.36.